The summed E-state index contributed by atoms with van der Waals surface area (Å²) in [4.78, 5) is 0. The van der Waals surface area contributed by atoms with Crippen molar-refractivity contribution in [3.8, 4) is 17.2 Å². The fourth-order valence-electron chi connectivity index (χ4n) is 2.85. The largest absolute Gasteiger partial charge is 0.493 e. The average Bonchev–Trinajstić information content (AvgIpc) is 3.25. The molecule has 3 rings (SSSR count). The van der Waals surface area contributed by atoms with Gasteiger partial charge in [-0.05, 0) is 48.9 Å². The van der Waals surface area contributed by atoms with Gasteiger partial charge in [-0.3, -0.25) is 0 Å². The van der Waals surface area contributed by atoms with Crippen LogP contribution >= 0.6 is 0 Å². The lowest BCUT2D eigenvalue weighted by atomic mass is 10.0. The molecule has 0 bridgehead atoms. The molecular formula is C16H24N2O3. The number of fused-ring (bicyclic) bond motifs is 1. The van der Waals surface area contributed by atoms with Crippen LogP contribution in [0.1, 0.15) is 31.4 Å². The van der Waals surface area contributed by atoms with E-state index in [-0.39, 0.29) is 12.8 Å². The number of methoxy groups -OCH3 is 1. The first kappa shape index (κ1) is 14.5. The maximum Gasteiger partial charge on any atom is 0.231 e. The molecule has 1 saturated carbocycles. The highest BCUT2D eigenvalue weighted by molar-refractivity contribution is 5.55. The van der Waals surface area contributed by atoms with Crippen molar-refractivity contribution in [1.29, 1.82) is 0 Å². The van der Waals surface area contributed by atoms with Crippen molar-refractivity contribution < 1.29 is 14.2 Å². The van der Waals surface area contributed by atoms with Crippen molar-refractivity contribution in [3.05, 3.63) is 17.7 Å². The van der Waals surface area contributed by atoms with E-state index in [0.29, 0.717) is 24.0 Å². The molecule has 2 unspecified atom stereocenters. The molecule has 1 aromatic rings. The fraction of sp³-hybridized carbons (Fsp3) is 0.625. The van der Waals surface area contributed by atoms with E-state index in [2.05, 4.69) is 12.2 Å². The summed E-state index contributed by atoms with van der Waals surface area (Å²) >= 11 is 0. The minimum Gasteiger partial charge on any atom is -0.493 e. The first-order chi connectivity index (χ1) is 10.2. The van der Waals surface area contributed by atoms with Crippen LogP contribution in [0.2, 0.25) is 0 Å². The third-order valence-corrected chi connectivity index (χ3v) is 4.43. The van der Waals surface area contributed by atoms with Gasteiger partial charge in [-0.25, -0.2) is 0 Å². The summed E-state index contributed by atoms with van der Waals surface area (Å²) in [6, 6.07) is 4.09. The van der Waals surface area contributed by atoms with Crippen LogP contribution in [-0.2, 0) is 0 Å². The van der Waals surface area contributed by atoms with Crippen molar-refractivity contribution in [2.24, 2.45) is 17.6 Å². The van der Waals surface area contributed by atoms with Crippen molar-refractivity contribution in [2.75, 3.05) is 27.0 Å². The number of hydrogen-bond acceptors (Lipinski definition) is 5. The Morgan fingerprint density at radius 1 is 1.38 bits per heavy atom. The normalized spacial score (nSPS) is 19.4. The summed E-state index contributed by atoms with van der Waals surface area (Å²) in [5.41, 5.74) is 7.03. The molecule has 21 heavy (non-hydrogen) atoms. The van der Waals surface area contributed by atoms with Crippen LogP contribution in [0, 0.1) is 11.8 Å². The van der Waals surface area contributed by atoms with Crippen molar-refractivity contribution >= 4 is 0 Å². The van der Waals surface area contributed by atoms with E-state index >= 15 is 0 Å². The molecule has 3 N–H and O–H groups in total. The van der Waals surface area contributed by atoms with Crippen molar-refractivity contribution in [2.45, 2.75) is 25.8 Å². The molecule has 1 fully saturated rings. The number of hydrogen-bond donors (Lipinski definition) is 2. The lowest BCUT2D eigenvalue weighted by Gasteiger charge is -2.21. The fourth-order valence-corrected chi connectivity index (χ4v) is 2.85. The van der Waals surface area contributed by atoms with E-state index in [9.17, 15) is 0 Å². The summed E-state index contributed by atoms with van der Waals surface area (Å²) in [5.74, 6) is 3.72. The van der Waals surface area contributed by atoms with Crippen LogP contribution in [0.3, 0.4) is 0 Å². The van der Waals surface area contributed by atoms with Gasteiger partial charge in [0.15, 0.2) is 11.5 Å². The third kappa shape index (κ3) is 3.09. The van der Waals surface area contributed by atoms with Gasteiger partial charge in [0, 0.05) is 12.6 Å². The molecule has 116 valence electrons. The highest BCUT2D eigenvalue weighted by Gasteiger charge is 2.28. The number of nitrogens with two attached hydrogens (primary N) is 1. The van der Waals surface area contributed by atoms with Gasteiger partial charge in [-0.1, -0.05) is 6.92 Å². The molecule has 1 aliphatic carbocycles. The molecule has 0 saturated heterocycles. The van der Waals surface area contributed by atoms with Gasteiger partial charge in [0.2, 0.25) is 12.5 Å². The van der Waals surface area contributed by atoms with Crippen LogP contribution in [-0.4, -0.2) is 27.0 Å². The van der Waals surface area contributed by atoms with Crippen LogP contribution in [0.15, 0.2) is 12.1 Å². The Balaban J connectivity index is 1.73. The number of ether oxygens (including phenoxy) is 3. The minimum atomic E-state index is 0.106. The van der Waals surface area contributed by atoms with Crippen molar-refractivity contribution in [1.82, 2.24) is 5.32 Å². The first-order valence-corrected chi connectivity index (χ1v) is 7.64. The second kappa shape index (κ2) is 6.12. The minimum absolute atomic E-state index is 0.106. The van der Waals surface area contributed by atoms with E-state index < -0.39 is 0 Å². The summed E-state index contributed by atoms with van der Waals surface area (Å²) in [6.45, 7) is 4.08. The molecule has 1 heterocycles. The average molecular weight is 292 g/mol. The first-order valence-electron chi connectivity index (χ1n) is 7.64. The Bertz CT molecular complexity index is 503. The lowest BCUT2D eigenvalue weighted by Crippen LogP contribution is -2.32. The van der Waals surface area contributed by atoms with Gasteiger partial charge >= 0.3 is 0 Å². The van der Waals surface area contributed by atoms with Crippen LogP contribution in [0.5, 0.6) is 17.2 Å². The smallest absolute Gasteiger partial charge is 0.231 e. The highest BCUT2D eigenvalue weighted by atomic mass is 16.7. The molecule has 0 aromatic heterocycles. The van der Waals surface area contributed by atoms with E-state index in [1.807, 2.05) is 12.1 Å². The Labute approximate surface area is 125 Å². The Hall–Kier alpha value is -1.46. The van der Waals surface area contributed by atoms with Crippen LogP contribution in [0.4, 0.5) is 0 Å². The number of benzene rings is 1. The summed E-state index contributed by atoms with van der Waals surface area (Å²) < 4.78 is 16.3. The number of rotatable bonds is 7. The molecule has 2 aliphatic rings. The molecule has 0 radical (unpaired) electrons. The summed E-state index contributed by atoms with van der Waals surface area (Å²) in [6.07, 6.45) is 2.74. The van der Waals surface area contributed by atoms with E-state index in [1.165, 1.54) is 12.8 Å². The monoisotopic (exact) mass is 292 g/mol. The van der Waals surface area contributed by atoms with E-state index in [0.717, 1.165) is 23.8 Å². The van der Waals surface area contributed by atoms with E-state index in [4.69, 9.17) is 19.9 Å². The van der Waals surface area contributed by atoms with Gasteiger partial charge in [0.1, 0.15) is 0 Å². The Morgan fingerprint density at radius 3 is 2.86 bits per heavy atom. The standard InChI is InChI=1S/C16H24N2O3/c1-10(11-3-4-11)8-18-13(7-17)12-5-14(19-2)16-15(6-12)20-9-21-16/h5-6,10-11,13,18H,3-4,7-9,17H2,1-2H3. The summed E-state index contributed by atoms with van der Waals surface area (Å²) in [5, 5.41) is 3.57. The van der Waals surface area contributed by atoms with Crippen LogP contribution in [0.25, 0.3) is 0 Å². The number of nitrogens with one attached hydrogen (secondary N) is 1. The molecule has 5 heteroatoms. The topological polar surface area (TPSA) is 65.7 Å². The molecule has 1 aliphatic heterocycles. The Morgan fingerprint density at radius 2 is 2.19 bits per heavy atom. The predicted octanol–water partition coefficient (Wildman–Crippen LogP) is 2.06. The SMILES string of the molecule is COc1cc(C(CN)NCC(C)C2CC2)cc2c1OCO2. The zero-order chi connectivity index (χ0) is 14.8. The molecule has 5 nitrogen and oxygen atoms in total. The predicted molar refractivity (Wildman–Crippen MR) is 80.8 cm³/mol. The van der Waals surface area contributed by atoms with Gasteiger partial charge in [-0.15, -0.1) is 0 Å². The highest BCUT2D eigenvalue weighted by Crippen LogP contribution is 2.43. The molecular weight excluding hydrogens is 268 g/mol. The third-order valence-electron chi connectivity index (χ3n) is 4.43. The van der Waals surface area contributed by atoms with Gasteiger partial charge < -0.3 is 25.3 Å². The second-order valence-electron chi connectivity index (χ2n) is 5.97. The zero-order valence-corrected chi connectivity index (χ0v) is 12.7. The quantitative estimate of drug-likeness (QED) is 0.805. The molecule has 0 spiro atoms. The lowest BCUT2D eigenvalue weighted by molar-refractivity contribution is 0.171. The molecule has 0 amide bonds. The second-order valence-corrected chi connectivity index (χ2v) is 5.97. The maximum atomic E-state index is 5.94. The van der Waals surface area contributed by atoms with Crippen molar-refractivity contribution in [3.63, 3.8) is 0 Å². The molecule has 1 aromatic carbocycles. The van der Waals surface area contributed by atoms with Gasteiger partial charge in [-0.2, -0.15) is 0 Å². The van der Waals surface area contributed by atoms with Gasteiger partial charge in [0.05, 0.1) is 7.11 Å². The van der Waals surface area contributed by atoms with E-state index in [1.54, 1.807) is 7.11 Å². The summed E-state index contributed by atoms with van der Waals surface area (Å²) in [7, 11) is 1.64. The Kier molecular flexibility index (Phi) is 4.22. The molecule has 2 atom stereocenters. The van der Waals surface area contributed by atoms with Gasteiger partial charge in [0.25, 0.3) is 0 Å². The zero-order valence-electron chi connectivity index (χ0n) is 12.7. The maximum absolute atomic E-state index is 5.94. The van der Waals surface area contributed by atoms with Crippen LogP contribution < -0.4 is 25.3 Å².